The van der Waals surface area contributed by atoms with Gasteiger partial charge in [-0.05, 0) is 109 Å². The minimum absolute atomic E-state index is 0.0782. The van der Waals surface area contributed by atoms with Crippen molar-refractivity contribution >= 4 is 11.9 Å². The van der Waals surface area contributed by atoms with Crippen LogP contribution >= 0.6 is 0 Å². The second-order valence-corrected chi connectivity index (χ2v) is 17.9. The molecule has 0 amide bonds. The highest BCUT2D eigenvalue weighted by atomic mass is 16.6. The van der Waals surface area contributed by atoms with Gasteiger partial charge in [0.05, 0.1) is 6.61 Å². The third kappa shape index (κ3) is 54.6. The van der Waals surface area contributed by atoms with Gasteiger partial charge in [0.25, 0.3) is 0 Å². The molecule has 0 rings (SSSR count). The summed E-state index contributed by atoms with van der Waals surface area (Å²) < 4.78 is 10.7. The van der Waals surface area contributed by atoms with Crippen LogP contribution in [0.15, 0.2) is 134 Å². The van der Waals surface area contributed by atoms with Crippen molar-refractivity contribution < 1.29 is 24.2 Å². The minimum atomic E-state index is -0.788. The zero-order chi connectivity index (χ0) is 49.2. The maximum Gasteiger partial charge on any atom is 0.306 e. The van der Waals surface area contributed by atoms with Crippen LogP contribution in [-0.2, 0) is 19.1 Å². The van der Waals surface area contributed by atoms with Crippen LogP contribution < -0.4 is 0 Å². The van der Waals surface area contributed by atoms with Gasteiger partial charge in [-0.2, -0.15) is 0 Å². The Kier molecular flexibility index (Phi) is 54.0. The molecule has 0 aliphatic rings. The number of esters is 2. The Balaban J connectivity index is 3.58. The molecular weight excluding hydrogens is 837 g/mol. The molecule has 0 spiro atoms. The van der Waals surface area contributed by atoms with Crippen LogP contribution in [0.4, 0.5) is 0 Å². The molecule has 1 unspecified atom stereocenters. The zero-order valence-corrected chi connectivity index (χ0v) is 43.8. The van der Waals surface area contributed by atoms with E-state index in [2.05, 4.69) is 148 Å². The van der Waals surface area contributed by atoms with Crippen molar-refractivity contribution in [2.75, 3.05) is 13.2 Å². The zero-order valence-electron chi connectivity index (χ0n) is 43.8. The van der Waals surface area contributed by atoms with E-state index < -0.39 is 6.10 Å². The van der Waals surface area contributed by atoms with E-state index in [0.717, 1.165) is 116 Å². The van der Waals surface area contributed by atoms with Crippen LogP contribution in [0, 0.1) is 0 Å². The predicted octanol–water partition coefficient (Wildman–Crippen LogP) is 18.9. The highest BCUT2D eigenvalue weighted by Gasteiger charge is 2.16. The largest absolute Gasteiger partial charge is 0.462 e. The Hall–Kier alpha value is -3.96. The summed E-state index contributed by atoms with van der Waals surface area (Å²) in [6.07, 6.45) is 85.5. The molecule has 5 heteroatoms. The molecule has 0 saturated heterocycles. The first-order valence-corrected chi connectivity index (χ1v) is 27.7. The number of allylic oxidation sites excluding steroid dienone is 22. The van der Waals surface area contributed by atoms with Crippen molar-refractivity contribution in [3.05, 3.63) is 134 Å². The number of hydrogen-bond acceptors (Lipinski definition) is 5. The van der Waals surface area contributed by atoms with Gasteiger partial charge in [-0.15, -0.1) is 0 Å². The maximum absolute atomic E-state index is 12.3. The number of carbonyl (C=O) groups is 2. The second-order valence-electron chi connectivity index (χ2n) is 17.9. The van der Waals surface area contributed by atoms with Crippen LogP contribution in [0.25, 0.3) is 0 Å². The van der Waals surface area contributed by atoms with E-state index in [9.17, 15) is 14.7 Å². The van der Waals surface area contributed by atoms with E-state index in [1.54, 1.807) is 0 Å². The molecule has 5 nitrogen and oxygen atoms in total. The summed E-state index contributed by atoms with van der Waals surface area (Å²) in [5, 5.41) is 9.65. The second kappa shape index (κ2) is 57.4. The van der Waals surface area contributed by atoms with E-state index in [0.29, 0.717) is 12.8 Å². The van der Waals surface area contributed by atoms with Crippen LogP contribution in [0.5, 0.6) is 0 Å². The SMILES string of the molecule is CC/C=C\C/C=C\C/C=C\C/C=C\C/C=C\C/C=C\C/C=C\CCCCCCCCCCCC(=O)OC(CO)COC(=O)CCCCCCCCCCCC/C=C\C/C=C\C/C=C\C/C=C\CC. The highest BCUT2D eigenvalue weighted by molar-refractivity contribution is 5.70. The van der Waals surface area contributed by atoms with Crippen molar-refractivity contribution in [3.8, 4) is 0 Å². The van der Waals surface area contributed by atoms with Crippen molar-refractivity contribution in [1.82, 2.24) is 0 Å². The molecule has 0 aliphatic heterocycles. The van der Waals surface area contributed by atoms with Gasteiger partial charge >= 0.3 is 11.9 Å². The predicted molar refractivity (Wildman–Crippen MR) is 297 cm³/mol. The van der Waals surface area contributed by atoms with Crippen molar-refractivity contribution in [3.63, 3.8) is 0 Å². The van der Waals surface area contributed by atoms with Gasteiger partial charge in [0, 0.05) is 12.8 Å². The Morgan fingerprint density at radius 1 is 0.338 bits per heavy atom. The molecule has 0 aromatic carbocycles. The number of unbranched alkanes of at least 4 members (excludes halogenated alkanes) is 19. The smallest absolute Gasteiger partial charge is 0.306 e. The topological polar surface area (TPSA) is 72.8 Å². The first-order chi connectivity index (χ1) is 33.6. The number of carbonyl (C=O) groups excluding carboxylic acids is 2. The third-order valence-electron chi connectivity index (χ3n) is 11.4. The fourth-order valence-electron chi connectivity index (χ4n) is 7.35. The van der Waals surface area contributed by atoms with E-state index in [4.69, 9.17) is 9.47 Å². The average molecular weight is 940 g/mol. The molecule has 0 aliphatic carbocycles. The summed E-state index contributed by atoms with van der Waals surface area (Å²) in [6, 6.07) is 0. The molecular formula is C63H102O5. The van der Waals surface area contributed by atoms with E-state index in [-0.39, 0.29) is 25.2 Å². The fourth-order valence-corrected chi connectivity index (χ4v) is 7.35. The standard InChI is InChI=1S/C63H102O5/c1-3-5-7-9-11-13-15-17-19-21-23-25-27-28-29-30-31-32-33-34-36-38-40-42-44-46-48-50-52-54-56-58-63(66)68-61(59-64)60-67-62(65)57-55-53-51-49-47-45-43-41-39-37-35-26-24-22-20-18-16-14-12-10-8-6-4-2/h5-8,11-14,17-20,23-26,28-29,31-32,34,36,61,64H,3-4,9-10,15-16,21-22,27,30,33,35,37-60H2,1-2H3/b7-5-,8-6-,13-11-,14-12-,19-17-,20-18-,25-23-,26-24-,29-28-,32-31-,36-34-. The number of hydrogen-bond donors (Lipinski definition) is 1. The lowest BCUT2D eigenvalue weighted by atomic mass is 10.1. The molecule has 384 valence electrons. The summed E-state index contributed by atoms with van der Waals surface area (Å²) in [5.41, 5.74) is 0. The van der Waals surface area contributed by atoms with Crippen molar-refractivity contribution in [1.29, 1.82) is 0 Å². The van der Waals surface area contributed by atoms with Gasteiger partial charge in [-0.1, -0.05) is 244 Å². The number of aliphatic hydroxyl groups is 1. The number of aliphatic hydroxyl groups excluding tert-OH is 1. The molecule has 1 N–H and O–H groups in total. The summed E-state index contributed by atoms with van der Waals surface area (Å²) in [7, 11) is 0. The van der Waals surface area contributed by atoms with Gasteiger partial charge in [-0.3, -0.25) is 9.59 Å². The molecule has 68 heavy (non-hydrogen) atoms. The molecule has 0 heterocycles. The molecule has 0 saturated carbocycles. The molecule has 0 fully saturated rings. The van der Waals surface area contributed by atoms with Gasteiger partial charge in [-0.25, -0.2) is 0 Å². The van der Waals surface area contributed by atoms with Crippen LogP contribution in [0.3, 0.4) is 0 Å². The van der Waals surface area contributed by atoms with Gasteiger partial charge in [0.15, 0.2) is 6.10 Å². The first-order valence-electron chi connectivity index (χ1n) is 27.7. The molecule has 0 radical (unpaired) electrons. The lowest BCUT2D eigenvalue weighted by molar-refractivity contribution is -0.161. The number of ether oxygens (including phenoxy) is 2. The summed E-state index contributed by atoms with van der Waals surface area (Å²) in [6.45, 7) is 3.91. The van der Waals surface area contributed by atoms with Crippen LogP contribution in [0.1, 0.15) is 232 Å². The monoisotopic (exact) mass is 939 g/mol. The van der Waals surface area contributed by atoms with Gasteiger partial charge in [0.1, 0.15) is 6.61 Å². The first kappa shape index (κ1) is 64.0. The Labute approximate surface area is 419 Å². The minimum Gasteiger partial charge on any atom is -0.462 e. The normalized spacial score (nSPS) is 13.3. The Bertz CT molecular complexity index is 1430. The molecule has 0 aromatic heterocycles. The maximum atomic E-state index is 12.3. The van der Waals surface area contributed by atoms with E-state index in [1.807, 2.05) is 0 Å². The molecule has 1 atom stereocenters. The van der Waals surface area contributed by atoms with Gasteiger partial charge < -0.3 is 14.6 Å². The summed E-state index contributed by atoms with van der Waals surface area (Å²) >= 11 is 0. The average Bonchev–Trinajstić information content (AvgIpc) is 3.34. The summed E-state index contributed by atoms with van der Waals surface area (Å²) in [5.74, 6) is -0.609. The van der Waals surface area contributed by atoms with E-state index in [1.165, 1.54) is 89.9 Å². The lowest BCUT2D eigenvalue weighted by Crippen LogP contribution is -2.28. The molecule has 0 bridgehead atoms. The highest BCUT2D eigenvalue weighted by Crippen LogP contribution is 2.14. The summed E-state index contributed by atoms with van der Waals surface area (Å²) in [4.78, 5) is 24.5. The quantitative estimate of drug-likeness (QED) is 0.0374. The molecule has 0 aromatic rings. The Morgan fingerprint density at radius 2 is 0.588 bits per heavy atom. The van der Waals surface area contributed by atoms with E-state index >= 15 is 0 Å². The van der Waals surface area contributed by atoms with Crippen LogP contribution in [-0.4, -0.2) is 36.4 Å². The van der Waals surface area contributed by atoms with Crippen molar-refractivity contribution in [2.45, 2.75) is 238 Å². The van der Waals surface area contributed by atoms with Crippen LogP contribution in [0.2, 0.25) is 0 Å². The fraction of sp³-hybridized carbons (Fsp3) is 0.619. The third-order valence-corrected chi connectivity index (χ3v) is 11.4. The lowest BCUT2D eigenvalue weighted by Gasteiger charge is -2.15. The van der Waals surface area contributed by atoms with Gasteiger partial charge in [0.2, 0.25) is 0 Å². The van der Waals surface area contributed by atoms with Crippen molar-refractivity contribution in [2.24, 2.45) is 0 Å². The Morgan fingerprint density at radius 3 is 0.882 bits per heavy atom. The number of rotatable bonds is 49.